The molecule has 0 spiro atoms. The monoisotopic (exact) mass is 300 g/mol. The number of ether oxygens (including phenoxy) is 2. The summed E-state index contributed by atoms with van der Waals surface area (Å²) < 4.78 is 10.1. The van der Waals surface area contributed by atoms with Crippen LogP contribution in [0.15, 0.2) is 30.3 Å². The average Bonchev–Trinajstić information content (AvgIpc) is 2.59. The molecule has 2 aromatic rings. The van der Waals surface area contributed by atoms with E-state index in [0.29, 0.717) is 12.8 Å². The lowest BCUT2D eigenvalue weighted by Crippen LogP contribution is -2.36. The van der Waals surface area contributed by atoms with Crippen LogP contribution >= 0.6 is 0 Å². The van der Waals surface area contributed by atoms with Crippen molar-refractivity contribution in [1.29, 1.82) is 0 Å². The number of methoxy groups -OCH3 is 1. The first-order valence-corrected chi connectivity index (χ1v) is 7.56. The quantitative estimate of drug-likeness (QED) is 0.810. The minimum Gasteiger partial charge on any atom is -0.469 e. The van der Waals surface area contributed by atoms with Gasteiger partial charge in [-0.15, -0.1) is 0 Å². The van der Waals surface area contributed by atoms with Crippen LogP contribution in [0.25, 0.3) is 10.9 Å². The molecule has 0 N–H and O–H groups in total. The van der Waals surface area contributed by atoms with Crippen molar-refractivity contribution in [3.63, 3.8) is 0 Å². The maximum atomic E-state index is 11.3. The van der Waals surface area contributed by atoms with Crippen LogP contribution in [0.5, 0.6) is 0 Å². The van der Waals surface area contributed by atoms with E-state index in [9.17, 15) is 4.79 Å². The molecule has 0 bridgehead atoms. The Bertz CT molecular complexity index is 666. The third-order valence-corrected chi connectivity index (χ3v) is 3.92. The van der Waals surface area contributed by atoms with Gasteiger partial charge in [-0.2, -0.15) is 0 Å². The normalized spacial score (nSPS) is 15.0. The van der Waals surface area contributed by atoms with E-state index in [4.69, 9.17) is 9.72 Å². The van der Waals surface area contributed by atoms with Crippen molar-refractivity contribution in [2.75, 3.05) is 38.3 Å². The number of hydrogen-bond donors (Lipinski definition) is 0. The van der Waals surface area contributed by atoms with Crippen molar-refractivity contribution >= 4 is 22.6 Å². The smallest absolute Gasteiger partial charge is 0.305 e. The highest BCUT2D eigenvalue weighted by Crippen LogP contribution is 2.26. The average molecular weight is 300 g/mol. The maximum absolute atomic E-state index is 11.3. The second-order valence-corrected chi connectivity index (χ2v) is 5.33. The predicted molar refractivity (Wildman–Crippen MR) is 85.1 cm³/mol. The second kappa shape index (κ2) is 6.75. The SMILES string of the molecule is COC(=O)CCc1ccc2cccc(N3CCOCC3)c2n1. The Morgan fingerprint density at radius 1 is 1.27 bits per heavy atom. The van der Waals surface area contributed by atoms with Gasteiger partial charge in [-0.1, -0.05) is 18.2 Å². The highest BCUT2D eigenvalue weighted by Gasteiger charge is 2.15. The number of esters is 1. The summed E-state index contributed by atoms with van der Waals surface area (Å²) in [6, 6.07) is 10.3. The number of aromatic nitrogens is 1. The van der Waals surface area contributed by atoms with Crippen molar-refractivity contribution in [3.8, 4) is 0 Å². The molecule has 3 rings (SSSR count). The fraction of sp³-hybridized carbons (Fsp3) is 0.412. The van der Waals surface area contributed by atoms with Crippen LogP contribution in [0.2, 0.25) is 0 Å². The summed E-state index contributed by atoms with van der Waals surface area (Å²) in [5.74, 6) is -0.205. The lowest BCUT2D eigenvalue weighted by Gasteiger charge is -2.29. The van der Waals surface area contributed by atoms with Crippen LogP contribution in [-0.2, 0) is 20.7 Å². The van der Waals surface area contributed by atoms with E-state index in [2.05, 4.69) is 33.9 Å². The van der Waals surface area contributed by atoms with Crippen molar-refractivity contribution in [2.24, 2.45) is 0 Å². The van der Waals surface area contributed by atoms with Gasteiger partial charge < -0.3 is 14.4 Å². The molecule has 5 nitrogen and oxygen atoms in total. The van der Waals surface area contributed by atoms with Crippen LogP contribution in [-0.4, -0.2) is 44.4 Å². The van der Waals surface area contributed by atoms with E-state index in [-0.39, 0.29) is 5.97 Å². The fourth-order valence-electron chi connectivity index (χ4n) is 2.70. The molecular weight excluding hydrogens is 280 g/mol. The molecule has 0 atom stereocenters. The van der Waals surface area contributed by atoms with Crippen molar-refractivity contribution in [3.05, 3.63) is 36.0 Å². The zero-order chi connectivity index (χ0) is 15.4. The van der Waals surface area contributed by atoms with E-state index in [1.54, 1.807) is 0 Å². The van der Waals surface area contributed by atoms with Gasteiger partial charge in [0.25, 0.3) is 0 Å². The first-order chi connectivity index (χ1) is 10.8. The Morgan fingerprint density at radius 3 is 2.86 bits per heavy atom. The molecule has 1 aromatic carbocycles. The molecule has 0 amide bonds. The third kappa shape index (κ3) is 3.20. The summed E-state index contributed by atoms with van der Waals surface area (Å²) in [5, 5.41) is 1.12. The van der Waals surface area contributed by atoms with Crippen LogP contribution in [0.3, 0.4) is 0 Å². The molecule has 0 radical (unpaired) electrons. The molecule has 0 unspecified atom stereocenters. The number of nitrogens with zero attached hydrogens (tertiary/aromatic N) is 2. The van der Waals surface area contributed by atoms with Gasteiger partial charge in [-0.3, -0.25) is 9.78 Å². The number of pyridine rings is 1. The summed E-state index contributed by atoms with van der Waals surface area (Å²) in [7, 11) is 1.41. The Kier molecular flexibility index (Phi) is 4.53. The highest BCUT2D eigenvalue weighted by atomic mass is 16.5. The van der Waals surface area contributed by atoms with E-state index in [1.165, 1.54) is 7.11 Å². The number of carbonyl (C=O) groups excluding carboxylic acids is 1. The molecule has 22 heavy (non-hydrogen) atoms. The van der Waals surface area contributed by atoms with Gasteiger partial charge in [0.15, 0.2) is 0 Å². The highest BCUT2D eigenvalue weighted by molar-refractivity contribution is 5.91. The number of hydrogen-bond acceptors (Lipinski definition) is 5. The zero-order valence-electron chi connectivity index (χ0n) is 12.7. The molecule has 1 aliphatic heterocycles. The van der Waals surface area contributed by atoms with E-state index in [0.717, 1.165) is 48.6 Å². The van der Waals surface area contributed by atoms with Gasteiger partial charge >= 0.3 is 5.97 Å². The van der Waals surface area contributed by atoms with Crippen molar-refractivity contribution < 1.29 is 14.3 Å². The molecule has 0 aliphatic carbocycles. The molecule has 1 saturated heterocycles. The van der Waals surface area contributed by atoms with Gasteiger partial charge in [0, 0.05) is 30.6 Å². The molecule has 0 saturated carbocycles. The van der Waals surface area contributed by atoms with E-state index in [1.807, 2.05) is 6.07 Å². The number of para-hydroxylation sites is 1. The maximum Gasteiger partial charge on any atom is 0.305 e. The van der Waals surface area contributed by atoms with Crippen LogP contribution < -0.4 is 4.90 Å². The Labute approximate surface area is 129 Å². The molecular formula is C17H20N2O3. The minimum atomic E-state index is -0.205. The summed E-state index contributed by atoms with van der Waals surface area (Å²) in [6.07, 6.45) is 0.953. The van der Waals surface area contributed by atoms with Gasteiger partial charge in [0.2, 0.25) is 0 Å². The number of carbonyl (C=O) groups is 1. The van der Waals surface area contributed by atoms with Gasteiger partial charge in [0.05, 0.1) is 37.9 Å². The Morgan fingerprint density at radius 2 is 2.09 bits per heavy atom. The first-order valence-electron chi connectivity index (χ1n) is 7.56. The molecule has 1 aromatic heterocycles. The van der Waals surface area contributed by atoms with E-state index < -0.39 is 0 Å². The van der Waals surface area contributed by atoms with Crippen LogP contribution in [0, 0.1) is 0 Å². The third-order valence-electron chi connectivity index (χ3n) is 3.92. The predicted octanol–water partition coefficient (Wildman–Crippen LogP) is 2.18. The van der Waals surface area contributed by atoms with Crippen LogP contribution in [0.4, 0.5) is 5.69 Å². The zero-order valence-corrected chi connectivity index (χ0v) is 12.7. The molecule has 1 fully saturated rings. The minimum absolute atomic E-state index is 0.205. The number of fused-ring (bicyclic) bond motifs is 1. The summed E-state index contributed by atoms with van der Waals surface area (Å²) in [6.45, 7) is 3.26. The summed E-state index contributed by atoms with van der Waals surface area (Å²) >= 11 is 0. The molecule has 1 aliphatic rings. The molecule has 116 valence electrons. The second-order valence-electron chi connectivity index (χ2n) is 5.33. The number of morpholine rings is 1. The summed E-state index contributed by atoms with van der Waals surface area (Å²) in [5.41, 5.74) is 3.05. The topological polar surface area (TPSA) is 51.7 Å². The Hall–Kier alpha value is -2.14. The van der Waals surface area contributed by atoms with Crippen LogP contribution in [0.1, 0.15) is 12.1 Å². The lowest BCUT2D eigenvalue weighted by atomic mass is 10.1. The number of rotatable bonds is 4. The Balaban J connectivity index is 1.89. The first kappa shape index (κ1) is 14.8. The largest absolute Gasteiger partial charge is 0.469 e. The molecule has 2 heterocycles. The van der Waals surface area contributed by atoms with Gasteiger partial charge in [-0.05, 0) is 12.1 Å². The number of benzene rings is 1. The standard InChI is InChI=1S/C17H20N2O3/c1-21-16(20)8-7-14-6-5-13-3-2-4-15(17(13)18-14)19-9-11-22-12-10-19/h2-6H,7-12H2,1H3. The summed E-state index contributed by atoms with van der Waals surface area (Å²) in [4.78, 5) is 18.4. The van der Waals surface area contributed by atoms with Gasteiger partial charge in [-0.25, -0.2) is 0 Å². The molecule has 5 heteroatoms. The fourth-order valence-corrected chi connectivity index (χ4v) is 2.70. The number of aryl methyl sites for hydroxylation is 1. The van der Waals surface area contributed by atoms with Crippen molar-refractivity contribution in [2.45, 2.75) is 12.8 Å². The lowest BCUT2D eigenvalue weighted by molar-refractivity contribution is -0.140. The van der Waals surface area contributed by atoms with Gasteiger partial charge in [0.1, 0.15) is 0 Å². The number of anilines is 1. The van der Waals surface area contributed by atoms with E-state index >= 15 is 0 Å². The van der Waals surface area contributed by atoms with Crippen molar-refractivity contribution in [1.82, 2.24) is 4.98 Å².